The van der Waals surface area contributed by atoms with Crippen LogP contribution in [0.15, 0.2) is 0 Å². The van der Waals surface area contributed by atoms with Crippen LogP contribution in [-0.4, -0.2) is 14.8 Å². The van der Waals surface area contributed by atoms with E-state index in [1.165, 1.54) is 0 Å². The first-order chi connectivity index (χ1) is 4.74. The van der Waals surface area contributed by atoms with Crippen molar-refractivity contribution >= 4 is 0 Å². The second-order valence-corrected chi connectivity index (χ2v) is 2.43. The number of hydrogen-bond donors (Lipinski definition) is 0. The van der Waals surface area contributed by atoms with Crippen molar-refractivity contribution in [2.75, 3.05) is 0 Å². The molecule has 0 N–H and O–H groups in total. The van der Waals surface area contributed by atoms with Crippen LogP contribution in [0.25, 0.3) is 0 Å². The number of rotatable bonds is 2. The first kappa shape index (κ1) is 7.25. The summed E-state index contributed by atoms with van der Waals surface area (Å²) < 4.78 is 1.94. The molecule has 1 aromatic heterocycles. The van der Waals surface area contributed by atoms with Crippen LogP contribution in [-0.2, 0) is 6.54 Å². The third-order valence-electron chi connectivity index (χ3n) is 1.40. The fourth-order valence-corrected chi connectivity index (χ4v) is 0.985. The van der Waals surface area contributed by atoms with Gasteiger partial charge in [0.05, 0.1) is 0 Å². The number of nitrogens with zero attached hydrogens (tertiary/aromatic N) is 3. The molecule has 0 amide bonds. The minimum absolute atomic E-state index is 0.867. The van der Waals surface area contributed by atoms with Crippen molar-refractivity contribution in [3.8, 4) is 0 Å². The minimum atomic E-state index is 0.867. The molecule has 3 nitrogen and oxygen atoms in total. The molecule has 0 aliphatic carbocycles. The molecule has 1 aromatic rings. The number of hydrogen-bond acceptors (Lipinski definition) is 2. The highest BCUT2D eigenvalue weighted by molar-refractivity contribution is 4.86. The SMILES string of the molecule is CCCn1nc(C)nc1C. The van der Waals surface area contributed by atoms with Gasteiger partial charge in [-0.15, -0.1) is 0 Å². The largest absolute Gasteiger partial charge is 0.250 e. The minimum Gasteiger partial charge on any atom is -0.250 e. The first-order valence-corrected chi connectivity index (χ1v) is 3.62. The molecule has 1 heterocycles. The lowest BCUT2D eigenvalue weighted by Gasteiger charge is -1.96. The van der Waals surface area contributed by atoms with Gasteiger partial charge >= 0.3 is 0 Å². The molecule has 0 unspecified atom stereocenters. The number of aryl methyl sites for hydroxylation is 3. The molecule has 0 saturated heterocycles. The van der Waals surface area contributed by atoms with Crippen LogP contribution in [0.5, 0.6) is 0 Å². The van der Waals surface area contributed by atoms with E-state index in [0.717, 1.165) is 24.6 Å². The molecule has 0 saturated carbocycles. The van der Waals surface area contributed by atoms with Crippen molar-refractivity contribution in [3.63, 3.8) is 0 Å². The van der Waals surface area contributed by atoms with Crippen molar-refractivity contribution in [1.82, 2.24) is 14.8 Å². The highest BCUT2D eigenvalue weighted by Gasteiger charge is 1.98. The van der Waals surface area contributed by atoms with E-state index in [-0.39, 0.29) is 0 Å². The first-order valence-electron chi connectivity index (χ1n) is 3.62. The lowest BCUT2D eigenvalue weighted by Crippen LogP contribution is -2.01. The van der Waals surface area contributed by atoms with Crippen LogP contribution in [0.4, 0.5) is 0 Å². The number of aromatic nitrogens is 3. The average molecular weight is 139 g/mol. The second-order valence-electron chi connectivity index (χ2n) is 2.43. The summed E-state index contributed by atoms with van der Waals surface area (Å²) in [6, 6.07) is 0. The Hall–Kier alpha value is -0.860. The Morgan fingerprint density at radius 1 is 1.40 bits per heavy atom. The average Bonchev–Trinajstić information content (AvgIpc) is 2.13. The maximum atomic E-state index is 4.21. The maximum Gasteiger partial charge on any atom is 0.147 e. The molecule has 0 aliphatic rings. The van der Waals surface area contributed by atoms with Crippen LogP contribution in [0, 0.1) is 13.8 Å². The van der Waals surface area contributed by atoms with Gasteiger partial charge in [0.2, 0.25) is 0 Å². The van der Waals surface area contributed by atoms with Gasteiger partial charge in [0.15, 0.2) is 0 Å². The standard InChI is InChI=1S/C7H13N3/c1-4-5-10-7(3)8-6(2)9-10/h4-5H2,1-3H3. The van der Waals surface area contributed by atoms with Gasteiger partial charge in [-0.1, -0.05) is 6.92 Å². The van der Waals surface area contributed by atoms with Gasteiger partial charge in [0.1, 0.15) is 11.6 Å². The Labute approximate surface area is 61.1 Å². The van der Waals surface area contributed by atoms with Crippen LogP contribution >= 0.6 is 0 Å². The zero-order valence-electron chi connectivity index (χ0n) is 6.76. The van der Waals surface area contributed by atoms with Crippen molar-refractivity contribution in [3.05, 3.63) is 11.6 Å². The highest BCUT2D eigenvalue weighted by atomic mass is 15.3. The fourth-order valence-electron chi connectivity index (χ4n) is 0.985. The van der Waals surface area contributed by atoms with Gasteiger partial charge in [-0.2, -0.15) is 5.10 Å². The monoisotopic (exact) mass is 139 g/mol. The summed E-state index contributed by atoms with van der Waals surface area (Å²) in [6.07, 6.45) is 1.11. The van der Waals surface area contributed by atoms with Crippen LogP contribution in [0.3, 0.4) is 0 Å². The van der Waals surface area contributed by atoms with Gasteiger partial charge in [0, 0.05) is 6.54 Å². The smallest absolute Gasteiger partial charge is 0.147 e. The zero-order valence-corrected chi connectivity index (χ0v) is 6.76. The van der Waals surface area contributed by atoms with Gasteiger partial charge in [0.25, 0.3) is 0 Å². The Morgan fingerprint density at radius 2 is 2.10 bits per heavy atom. The molecule has 0 fully saturated rings. The van der Waals surface area contributed by atoms with Gasteiger partial charge in [-0.25, -0.2) is 4.98 Å². The molecule has 3 heteroatoms. The maximum absolute atomic E-state index is 4.21. The summed E-state index contributed by atoms with van der Waals surface area (Å²) in [6.45, 7) is 7.01. The van der Waals surface area contributed by atoms with Crippen molar-refractivity contribution in [2.45, 2.75) is 33.7 Å². The molecule has 0 aromatic carbocycles. The van der Waals surface area contributed by atoms with E-state index in [0.29, 0.717) is 0 Å². The van der Waals surface area contributed by atoms with E-state index in [2.05, 4.69) is 17.0 Å². The van der Waals surface area contributed by atoms with Crippen molar-refractivity contribution < 1.29 is 0 Å². The molecule has 10 heavy (non-hydrogen) atoms. The molecular weight excluding hydrogens is 126 g/mol. The van der Waals surface area contributed by atoms with E-state index < -0.39 is 0 Å². The lowest BCUT2D eigenvalue weighted by atomic mass is 10.5. The fraction of sp³-hybridized carbons (Fsp3) is 0.714. The molecule has 0 atom stereocenters. The molecule has 0 spiro atoms. The summed E-state index contributed by atoms with van der Waals surface area (Å²) in [5.74, 6) is 1.88. The Balaban J connectivity index is 2.81. The molecule has 1 rings (SSSR count). The third kappa shape index (κ3) is 1.35. The Kier molecular flexibility index (Phi) is 2.04. The van der Waals surface area contributed by atoms with Crippen LogP contribution in [0.1, 0.15) is 25.0 Å². The van der Waals surface area contributed by atoms with Gasteiger partial charge in [-0.3, -0.25) is 4.68 Å². The highest BCUT2D eigenvalue weighted by Crippen LogP contribution is 1.96. The van der Waals surface area contributed by atoms with E-state index >= 15 is 0 Å². The molecule has 0 radical (unpaired) electrons. The molecule has 0 aliphatic heterocycles. The quantitative estimate of drug-likeness (QED) is 0.618. The summed E-state index contributed by atoms with van der Waals surface area (Å²) in [4.78, 5) is 4.18. The van der Waals surface area contributed by atoms with Crippen molar-refractivity contribution in [1.29, 1.82) is 0 Å². The summed E-state index contributed by atoms with van der Waals surface area (Å²) in [5.41, 5.74) is 0. The molecule has 0 bridgehead atoms. The van der Waals surface area contributed by atoms with E-state index in [1.807, 2.05) is 18.5 Å². The zero-order chi connectivity index (χ0) is 7.56. The lowest BCUT2D eigenvalue weighted by molar-refractivity contribution is 0.581. The normalized spacial score (nSPS) is 10.3. The van der Waals surface area contributed by atoms with Crippen molar-refractivity contribution in [2.24, 2.45) is 0 Å². The Morgan fingerprint density at radius 3 is 2.50 bits per heavy atom. The van der Waals surface area contributed by atoms with Gasteiger partial charge < -0.3 is 0 Å². The van der Waals surface area contributed by atoms with E-state index in [1.54, 1.807) is 0 Å². The Bertz CT molecular complexity index is 215. The second kappa shape index (κ2) is 2.82. The van der Waals surface area contributed by atoms with Gasteiger partial charge in [-0.05, 0) is 20.3 Å². The summed E-state index contributed by atoms with van der Waals surface area (Å²) in [7, 11) is 0. The topological polar surface area (TPSA) is 30.7 Å². The molecule has 56 valence electrons. The van der Waals surface area contributed by atoms with E-state index in [9.17, 15) is 0 Å². The predicted molar refractivity (Wildman–Crippen MR) is 39.8 cm³/mol. The summed E-state index contributed by atoms with van der Waals surface area (Å²) in [5, 5.41) is 4.21. The predicted octanol–water partition coefficient (Wildman–Crippen LogP) is 1.30. The third-order valence-corrected chi connectivity index (χ3v) is 1.40. The van der Waals surface area contributed by atoms with Crippen LogP contribution < -0.4 is 0 Å². The summed E-state index contributed by atoms with van der Waals surface area (Å²) >= 11 is 0. The van der Waals surface area contributed by atoms with E-state index in [4.69, 9.17) is 0 Å². The van der Waals surface area contributed by atoms with Crippen LogP contribution in [0.2, 0.25) is 0 Å². The molecular formula is C7H13N3.